The third-order valence-electron chi connectivity index (χ3n) is 1.94. The fraction of sp³-hybridized carbons (Fsp3) is 0.200. The number of carbonyl (C=O) groups excluding carboxylic acids is 1. The van der Waals surface area contributed by atoms with Crippen LogP contribution in [-0.2, 0) is 4.79 Å². The molecule has 0 aromatic heterocycles. The highest BCUT2D eigenvalue weighted by molar-refractivity contribution is 6.01. The van der Waals surface area contributed by atoms with Crippen LogP contribution in [0.15, 0.2) is 35.5 Å². The molecule has 0 radical (unpaired) electrons. The number of nitrogens with zero attached hydrogens (tertiary/aromatic N) is 1. The van der Waals surface area contributed by atoms with Crippen molar-refractivity contribution in [3.05, 3.63) is 35.9 Å². The Morgan fingerprint density at radius 1 is 1.27 bits per heavy atom. The lowest BCUT2D eigenvalue weighted by Crippen LogP contribution is -2.19. The summed E-state index contributed by atoms with van der Waals surface area (Å²) in [5.41, 5.74) is 2.69. The first-order valence-electron chi connectivity index (χ1n) is 4.47. The van der Waals surface area contributed by atoms with Crippen molar-refractivity contribution >= 4 is 11.6 Å². The summed E-state index contributed by atoms with van der Waals surface area (Å²) in [5.74, 6) is -0.507. The maximum atomic E-state index is 10.8. The molecule has 5 heteroatoms. The van der Waals surface area contributed by atoms with Gasteiger partial charge in [-0.3, -0.25) is 10.0 Å². The zero-order valence-electron chi connectivity index (χ0n) is 8.05. The fourth-order valence-corrected chi connectivity index (χ4v) is 1.17. The molecule has 1 amide bonds. The minimum atomic E-state index is -0.507. The van der Waals surface area contributed by atoms with Crippen LogP contribution in [0.2, 0.25) is 0 Å². The summed E-state index contributed by atoms with van der Waals surface area (Å²) in [7, 11) is 0. The van der Waals surface area contributed by atoms with Crippen molar-refractivity contribution in [2.45, 2.75) is 12.8 Å². The largest absolute Gasteiger partial charge is 0.411 e. The number of benzene rings is 1. The molecule has 1 aromatic carbocycles. The van der Waals surface area contributed by atoms with Crippen LogP contribution in [0.1, 0.15) is 18.4 Å². The number of oxime groups is 1. The van der Waals surface area contributed by atoms with Gasteiger partial charge in [-0.1, -0.05) is 35.5 Å². The Morgan fingerprint density at radius 3 is 2.47 bits per heavy atom. The molecule has 0 unspecified atom stereocenters. The molecule has 1 aromatic rings. The van der Waals surface area contributed by atoms with Crippen LogP contribution in [-0.4, -0.2) is 22.0 Å². The van der Waals surface area contributed by atoms with Crippen LogP contribution >= 0.6 is 0 Å². The molecule has 0 heterocycles. The zero-order valence-corrected chi connectivity index (χ0v) is 8.05. The van der Waals surface area contributed by atoms with E-state index in [0.717, 1.165) is 5.56 Å². The third kappa shape index (κ3) is 3.40. The Hall–Kier alpha value is -1.88. The predicted molar refractivity (Wildman–Crippen MR) is 53.9 cm³/mol. The fourth-order valence-electron chi connectivity index (χ4n) is 1.17. The first-order valence-corrected chi connectivity index (χ1v) is 4.47. The summed E-state index contributed by atoms with van der Waals surface area (Å²) in [5, 5.41) is 20.2. The van der Waals surface area contributed by atoms with Gasteiger partial charge in [0.2, 0.25) is 5.91 Å². The first kappa shape index (κ1) is 11.2. The molecular weight excluding hydrogens is 196 g/mol. The number of carbonyl (C=O) groups is 1. The molecule has 0 aliphatic rings. The molecule has 0 saturated carbocycles. The van der Waals surface area contributed by atoms with E-state index in [1.807, 2.05) is 18.2 Å². The van der Waals surface area contributed by atoms with Gasteiger partial charge in [-0.2, -0.15) is 0 Å². The topological polar surface area (TPSA) is 81.9 Å². The molecule has 0 bridgehead atoms. The Bertz CT molecular complexity index is 349. The predicted octanol–water partition coefficient (Wildman–Crippen LogP) is 1.15. The summed E-state index contributed by atoms with van der Waals surface area (Å²) in [6.45, 7) is 0. The molecule has 0 aliphatic carbocycles. The van der Waals surface area contributed by atoms with Crippen LogP contribution in [0.4, 0.5) is 0 Å². The highest BCUT2D eigenvalue weighted by Gasteiger charge is 2.06. The molecule has 0 aliphatic heterocycles. The summed E-state index contributed by atoms with van der Waals surface area (Å²) < 4.78 is 0. The molecule has 1 rings (SSSR count). The summed E-state index contributed by atoms with van der Waals surface area (Å²) in [6.07, 6.45) is 0.345. The standard InChI is InChI=1S/C10H12N2O3/c13-10(12-15)7-6-9(11-14)8-4-2-1-3-5-8/h1-5,14-15H,6-7H2,(H,12,13)/b11-9-. The maximum absolute atomic E-state index is 10.8. The minimum Gasteiger partial charge on any atom is -0.411 e. The van der Waals surface area contributed by atoms with Crippen LogP contribution in [0.25, 0.3) is 0 Å². The lowest BCUT2D eigenvalue weighted by Gasteiger charge is -2.03. The smallest absolute Gasteiger partial charge is 0.243 e. The summed E-state index contributed by atoms with van der Waals surface area (Å²) in [4.78, 5) is 10.8. The molecule has 0 spiro atoms. The molecule has 5 nitrogen and oxygen atoms in total. The van der Waals surface area contributed by atoms with E-state index in [0.29, 0.717) is 5.71 Å². The van der Waals surface area contributed by atoms with Crippen molar-refractivity contribution in [3.63, 3.8) is 0 Å². The van der Waals surface area contributed by atoms with E-state index in [1.54, 1.807) is 12.1 Å². The minimum absolute atomic E-state index is 0.0742. The Balaban J connectivity index is 2.63. The second kappa shape index (κ2) is 5.77. The van der Waals surface area contributed by atoms with Gasteiger partial charge in [0.05, 0.1) is 5.71 Å². The van der Waals surface area contributed by atoms with Crippen LogP contribution in [0.5, 0.6) is 0 Å². The van der Waals surface area contributed by atoms with Crippen LogP contribution < -0.4 is 5.48 Å². The second-order valence-electron chi connectivity index (χ2n) is 2.95. The van der Waals surface area contributed by atoms with Crippen LogP contribution in [0.3, 0.4) is 0 Å². The van der Waals surface area contributed by atoms with Gasteiger partial charge in [-0.15, -0.1) is 0 Å². The van der Waals surface area contributed by atoms with Gasteiger partial charge in [0.15, 0.2) is 0 Å². The Kier molecular flexibility index (Phi) is 4.30. The van der Waals surface area contributed by atoms with Crippen molar-refractivity contribution in [1.29, 1.82) is 0 Å². The lowest BCUT2D eigenvalue weighted by atomic mass is 10.1. The van der Waals surface area contributed by atoms with E-state index in [-0.39, 0.29) is 12.8 Å². The van der Waals surface area contributed by atoms with Crippen molar-refractivity contribution in [2.75, 3.05) is 0 Å². The van der Waals surface area contributed by atoms with Crippen LogP contribution in [0, 0.1) is 0 Å². The number of rotatable bonds is 4. The van der Waals surface area contributed by atoms with Gasteiger partial charge < -0.3 is 5.21 Å². The van der Waals surface area contributed by atoms with E-state index >= 15 is 0 Å². The third-order valence-corrected chi connectivity index (χ3v) is 1.94. The first-order chi connectivity index (χ1) is 7.27. The SMILES string of the molecule is O=C(CC/C(=N/O)c1ccccc1)NO. The van der Waals surface area contributed by atoms with Crippen molar-refractivity contribution in [1.82, 2.24) is 5.48 Å². The zero-order chi connectivity index (χ0) is 11.1. The van der Waals surface area contributed by atoms with Gasteiger partial charge in [0.25, 0.3) is 0 Å². The molecule has 3 N–H and O–H groups in total. The summed E-state index contributed by atoms with van der Waals surface area (Å²) in [6, 6.07) is 9.04. The van der Waals surface area contributed by atoms with E-state index < -0.39 is 5.91 Å². The number of hydroxylamine groups is 1. The van der Waals surface area contributed by atoms with Gasteiger partial charge in [-0.05, 0) is 5.56 Å². The van der Waals surface area contributed by atoms with E-state index in [4.69, 9.17) is 10.4 Å². The molecule has 0 atom stereocenters. The number of amides is 1. The second-order valence-corrected chi connectivity index (χ2v) is 2.95. The average Bonchev–Trinajstić information content (AvgIpc) is 2.31. The average molecular weight is 208 g/mol. The van der Waals surface area contributed by atoms with E-state index in [9.17, 15) is 4.79 Å². The molecule has 0 fully saturated rings. The van der Waals surface area contributed by atoms with Gasteiger partial charge in [-0.25, -0.2) is 5.48 Å². The molecule has 15 heavy (non-hydrogen) atoms. The summed E-state index contributed by atoms with van der Waals surface area (Å²) >= 11 is 0. The monoisotopic (exact) mass is 208 g/mol. The quantitative estimate of drug-likeness (QED) is 0.300. The van der Waals surface area contributed by atoms with E-state index in [2.05, 4.69) is 5.16 Å². The molecular formula is C10H12N2O3. The Labute approximate surface area is 87.0 Å². The van der Waals surface area contributed by atoms with Crippen molar-refractivity contribution < 1.29 is 15.2 Å². The van der Waals surface area contributed by atoms with Gasteiger partial charge in [0, 0.05) is 12.8 Å². The lowest BCUT2D eigenvalue weighted by molar-refractivity contribution is -0.129. The highest BCUT2D eigenvalue weighted by Crippen LogP contribution is 2.06. The normalized spacial score (nSPS) is 11.1. The van der Waals surface area contributed by atoms with Crippen molar-refractivity contribution in [3.8, 4) is 0 Å². The maximum Gasteiger partial charge on any atom is 0.243 e. The molecule has 80 valence electrons. The molecule has 0 saturated heterocycles. The van der Waals surface area contributed by atoms with E-state index in [1.165, 1.54) is 5.48 Å². The Morgan fingerprint density at radius 2 is 1.93 bits per heavy atom. The van der Waals surface area contributed by atoms with Gasteiger partial charge >= 0.3 is 0 Å². The number of hydrogen-bond acceptors (Lipinski definition) is 4. The van der Waals surface area contributed by atoms with Crippen molar-refractivity contribution in [2.24, 2.45) is 5.16 Å². The highest BCUT2D eigenvalue weighted by atomic mass is 16.5. The number of nitrogens with one attached hydrogen (secondary N) is 1. The van der Waals surface area contributed by atoms with Gasteiger partial charge in [0.1, 0.15) is 0 Å². The number of hydrogen-bond donors (Lipinski definition) is 3.